The molecule has 2 atom stereocenters. The van der Waals surface area contributed by atoms with Crippen molar-refractivity contribution in [2.45, 2.75) is 50.9 Å². The SMILES string of the molecule is OCc1cc(Br)ccc1OC1CCCCCC1O. The van der Waals surface area contributed by atoms with Gasteiger partial charge in [-0.1, -0.05) is 28.8 Å². The third-order valence-electron chi connectivity index (χ3n) is 3.39. The lowest BCUT2D eigenvalue weighted by Gasteiger charge is -2.23. The number of aliphatic hydroxyl groups excluding tert-OH is 2. The summed E-state index contributed by atoms with van der Waals surface area (Å²) in [4.78, 5) is 0. The van der Waals surface area contributed by atoms with Crippen LogP contribution in [0.5, 0.6) is 5.75 Å². The third kappa shape index (κ3) is 3.46. The van der Waals surface area contributed by atoms with Crippen molar-refractivity contribution in [1.82, 2.24) is 0 Å². The van der Waals surface area contributed by atoms with E-state index in [1.165, 1.54) is 0 Å². The molecule has 1 fully saturated rings. The van der Waals surface area contributed by atoms with Crippen molar-refractivity contribution < 1.29 is 14.9 Å². The zero-order valence-corrected chi connectivity index (χ0v) is 11.9. The molecule has 0 saturated heterocycles. The highest BCUT2D eigenvalue weighted by Crippen LogP contribution is 2.28. The Bertz CT molecular complexity index is 395. The van der Waals surface area contributed by atoms with E-state index < -0.39 is 6.10 Å². The number of benzene rings is 1. The van der Waals surface area contributed by atoms with Crippen LogP contribution in [-0.2, 0) is 6.61 Å². The van der Waals surface area contributed by atoms with E-state index in [0.29, 0.717) is 5.75 Å². The van der Waals surface area contributed by atoms with Gasteiger partial charge in [0.25, 0.3) is 0 Å². The van der Waals surface area contributed by atoms with Gasteiger partial charge in [0, 0.05) is 10.0 Å². The highest BCUT2D eigenvalue weighted by molar-refractivity contribution is 9.10. The van der Waals surface area contributed by atoms with Crippen LogP contribution in [0, 0.1) is 0 Å². The second kappa shape index (κ2) is 6.55. The minimum atomic E-state index is -0.400. The number of hydrogen-bond donors (Lipinski definition) is 2. The highest BCUT2D eigenvalue weighted by atomic mass is 79.9. The zero-order chi connectivity index (χ0) is 13.0. The molecule has 0 amide bonds. The van der Waals surface area contributed by atoms with Crippen LogP contribution in [-0.4, -0.2) is 22.4 Å². The van der Waals surface area contributed by atoms with Crippen LogP contribution in [0.15, 0.2) is 22.7 Å². The van der Waals surface area contributed by atoms with Gasteiger partial charge in [0.05, 0.1) is 12.7 Å². The van der Waals surface area contributed by atoms with Crippen molar-refractivity contribution in [1.29, 1.82) is 0 Å². The van der Waals surface area contributed by atoms with Gasteiger partial charge >= 0.3 is 0 Å². The van der Waals surface area contributed by atoms with Gasteiger partial charge in [-0.3, -0.25) is 0 Å². The van der Waals surface area contributed by atoms with Crippen molar-refractivity contribution in [3.05, 3.63) is 28.2 Å². The molecule has 0 radical (unpaired) electrons. The first-order valence-electron chi connectivity index (χ1n) is 6.44. The van der Waals surface area contributed by atoms with Crippen LogP contribution in [0.25, 0.3) is 0 Å². The summed E-state index contributed by atoms with van der Waals surface area (Å²) in [5.41, 5.74) is 0.751. The molecule has 2 unspecified atom stereocenters. The van der Waals surface area contributed by atoms with Gasteiger partial charge in [-0.05, 0) is 37.5 Å². The summed E-state index contributed by atoms with van der Waals surface area (Å²) < 4.78 is 6.81. The molecule has 3 nitrogen and oxygen atoms in total. The maximum absolute atomic E-state index is 10.0. The summed E-state index contributed by atoms with van der Waals surface area (Å²) in [7, 11) is 0. The van der Waals surface area contributed by atoms with Gasteiger partial charge in [-0.25, -0.2) is 0 Å². The van der Waals surface area contributed by atoms with Crippen LogP contribution >= 0.6 is 15.9 Å². The smallest absolute Gasteiger partial charge is 0.125 e. The molecule has 0 bridgehead atoms. The number of hydrogen-bond acceptors (Lipinski definition) is 3. The van der Waals surface area contributed by atoms with E-state index in [-0.39, 0.29) is 12.7 Å². The Morgan fingerprint density at radius 2 is 2.00 bits per heavy atom. The Hall–Kier alpha value is -0.580. The standard InChI is InChI=1S/C14H19BrO3/c15-11-6-7-13(10(8-11)9-16)18-14-5-3-1-2-4-12(14)17/h6-8,12,14,16-17H,1-5,9H2. The van der Waals surface area contributed by atoms with Gasteiger partial charge in [-0.15, -0.1) is 0 Å². The lowest BCUT2D eigenvalue weighted by Crippen LogP contribution is -2.30. The maximum atomic E-state index is 10.0. The lowest BCUT2D eigenvalue weighted by atomic mass is 10.1. The Balaban J connectivity index is 2.12. The average molecular weight is 315 g/mol. The van der Waals surface area contributed by atoms with Gasteiger partial charge in [0.15, 0.2) is 0 Å². The molecule has 1 aliphatic carbocycles. The number of rotatable bonds is 3. The largest absolute Gasteiger partial charge is 0.487 e. The number of halogens is 1. The third-order valence-corrected chi connectivity index (χ3v) is 3.88. The Kier molecular flexibility index (Phi) is 5.03. The fourth-order valence-corrected chi connectivity index (χ4v) is 2.75. The Morgan fingerprint density at radius 1 is 1.22 bits per heavy atom. The van der Waals surface area contributed by atoms with Crippen LogP contribution in [0.1, 0.15) is 37.7 Å². The van der Waals surface area contributed by atoms with E-state index >= 15 is 0 Å². The van der Waals surface area contributed by atoms with Crippen LogP contribution in [0.4, 0.5) is 0 Å². The monoisotopic (exact) mass is 314 g/mol. The molecule has 1 aromatic rings. The second-order valence-corrected chi connectivity index (χ2v) is 5.69. The molecular formula is C14H19BrO3. The molecule has 100 valence electrons. The molecular weight excluding hydrogens is 296 g/mol. The molecule has 2 N–H and O–H groups in total. The predicted molar refractivity (Wildman–Crippen MR) is 73.6 cm³/mol. The lowest BCUT2D eigenvalue weighted by molar-refractivity contribution is 0.0307. The average Bonchev–Trinajstić information content (AvgIpc) is 2.57. The molecule has 1 aromatic carbocycles. The first kappa shape index (κ1) is 13.8. The molecule has 2 rings (SSSR count). The van der Waals surface area contributed by atoms with Gasteiger partial charge in [-0.2, -0.15) is 0 Å². The van der Waals surface area contributed by atoms with E-state index in [1.54, 1.807) is 0 Å². The summed E-state index contributed by atoms with van der Waals surface area (Å²) >= 11 is 3.37. The summed E-state index contributed by atoms with van der Waals surface area (Å²) in [5, 5.41) is 19.4. The quantitative estimate of drug-likeness (QED) is 0.843. The molecule has 0 aliphatic heterocycles. The van der Waals surface area contributed by atoms with Crippen molar-refractivity contribution in [2.75, 3.05) is 0 Å². The number of ether oxygens (including phenoxy) is 1. The topological polar surface area (TPSA) is 49.7 Å². The minimum absolute atomic E-state index is 0.0579. The molecule has 0 aromatic heterocycles. The predicted octanol–water partition coefficient (Wildman–Crippen LogP) is 3.01. The number of aliphatic hydroxyl groups is 2. The highest BCUT2D eigenvalue weighted by Gasteiger charge is 2.23. The maximum Gasteiger partial charge on any atom is 0.125 e. The molecule has 0 spiro atoms. The normalized spacial score (nSPS) is 24.6. The summed E-state index contributed by atoms with van der Waals surface area (Å²) in [6, 6.07) is 5.57. The minimum Gasteiger partial charge on any atom is -0.487 e. The first-order valence-corrected chi connectivity index (χ1v) is 7.24. The summed E-state index contributed by atoms with van der Waals surface area (Å²) in [5.74, 6) is 0.673. The molecule has 4 heteroatoms. The van der Waals surface area contributed by atoms with Crippen molar-refractivity contribution >= 4 is 15.9 Å². The van der Waals surface area contributed by atoms with Gasteiger partial charge in [0.1, 0.15) is 11.9 Å². The zero-order valence-electron chi connectivity index (χ0n) is 10.3. The van der Waals surface area contributed by atoms with Crippen LogP contribution in [0.3, 0.4) is 0 Å². The van der Waals surface area contributed by atoms with Crippen molar-refractivity contribution in [2.24, 2.45) is 0 Å². The van der Waals surface area contributed by atoms with Crippen LogP contribution < -0.4 is 4.74 Å². The van der Waals surface area contributed by atoms with Crippen molar-refractivity contribution in [3.8, 4) is 5.75 Å². The van der Waals surface area contributed by atoms with Crippen molar-refractivity contribution in [3.63, 3.8) is 0 Å². The fourth-order valence-electron chi connectivity index (χ4n) is 2.34. The van der Waals surface area contributed by atoms with E-state index in [9.17, 15) is 10.2 Å². The second-order valence-electron chi connectivity index (χ2n) is 4.77. The summed E-state index contributed by atoms with van der Waals surface area (Å²) in [6.07, 6.45) is 4.43. The summed E-state index contributed by atoms with van der Waals surface area (Å²) in [6.45, 7) is -0.0579. The van der Waals surface area contributed by atoms with E-state index in [2.05, 4.69) is 15.9 Å². The van der Waals surface area contributed by atoms with Gasteiger partial charge in [0.2, 0.25) is 0 Å². The molecule has 1 saturated carbocycles. The Morgan fingerprint density at radius 3 is 2.78 bits per heavy atom. The fraction of sp³-hybridized carbons (Fsp3) is 0.571. The van der Waals surface area contributed by atoms with E-state index in [0.717, 1.165) is 42.1 Å². The molecule has 1 aliphatic rings. The Labute approximate surface area is 116 Å². The molecule has 18 heavy (non-hydrogen) atoms. The van der Waals surface area contributed by atoms with Crippen LogP contribution in [0.2, 0.25) is 0 Å². The van der Waals surface area contributed by atoms with Gasteiger partial charge < -0.3 is 14.9 Å². The first-order chi connectivity index (χ1) is 8.70. The molecule has 0 heterocycles. The van der Waals surface area contributed by atoms with E-state index in [1.807, 2.05) is 18.2 Å². The van der Waals surface area contributed by atoms with E-state index in [4.69, 9.17) is 4.74 Å².